The summed E-state index contributed by atoms with van der Waals surface area (Å²) in [4.78, 5) is 11.6. The molecule has 3 aromatic carbocycles. The Kier molecular flexibility index (Phi) is 2.91. The summed E-state index contributed by atoms with van der Waals surface area (Å²) >= 11 is 0. The van der Waals surface area contributed by atoms with Crippen LogP contribution < -0.4 is 18.9 Å². The number of carbonyl (C=O) groups excluding carboxylic acids is 1. The van der Waals surface area contributed by atoms with Gasteiger partial charge in [-0.3, -0.25) is 4.79 Å². The Morgan fingerprint density at radius 1 is 0.880 bits per heavy atom. The number of fused-ring (bicyclic) bond motifs is 4. The van der Waals surface area contributed by atoms with Gasteiger partial charge in [-0.05, 0) is 53.3 Å². The van der Waals surface area contributed by atoms with Crippen molar-refractivity contribution in [2.24, 2.45) is 0 Å². The largest absolute Gasteiger partial charge is 0.454 e. The van der Waals surface area contributed by atoms with Crippen LogP contribution in [0.4, 0.5) is 0 Å². The first kappa shape index (κ1) is 14.2. The van der Waals surface area contributed by atoms with Gasteiger partial charge in [0.15, 0.2) is 23.0 Å². The third-order valence-corrected chi connectivity index (χ3v) is 4.73. The molecule has 0 aromatic heterocycles. The molecule has 3 aromatic rings. The van der Waals surface area contributed by atoms with Crippen molar-refractivity contribution in [2.45, 2.75) is 6.92 Å². The Labute approximate surface area is 143 Å². The summed E-state index contributed by atoms with van der Waals surface area (Å²) in [5, 5.41) is 1.88. The lowest BCUT2D eigenvalue weighted by Gasteiger charge is -2.15. The maximum Gasteiger partial charge on any atom is 0.231 e. The summed E-state index contributed by atoms with van der Waals surface area (Å²) in [5.41, 5.74) is 3.43. The van der Waals surface area contributed by atoms with Crippen LogP contribution in [-0.4, -0.2) is 19.9 Å². The molecule has 0 fully saturated rings. The summed E-state index contributed by atoms with van der Waals surface area (Å²) in [5.74, 6) is 2.85. The molecule has 0 amide bonds. The minimum Gasteiger partial charge on any atom is -0.454 e. The Bertz CT molecular complexity index is 1040. The van der Waals surface area contributed by atoms with Gasteiger partial charge in [0, 0.05) is 10.9 Å². The number of ether oxygens (including phenoxy) is 4. The smallest absolute Gasteiger partial charge is 0.231 e. The monoisotopic (exact) mass is 334 g/mol. The molecule has 5 rings (SSSR count). The van der Waals surface area contributed by atoms with E-state index in [0.29, 0.717) is 22.8 Å². The minimum atomic E-state index is 0.198. The van der Waals surface area contributed by atoms with Gasteiger partial charge < -0.3 is 18.9 Å². The van der Waals surface area contributed by atoms with E-state index in [1.54, 1.807) is 0 Å². The predicted molar refractivity (Wildman–Crippen MR) is 91.8 cm³/mol. The fraction of sp³-hybridized carbons (Fsp3) is 0.150. The van der Waals surface area contributed by atoms with Gasteiger partial charge in [-0.1, -0.05) is 12.1 Å². The molecule has 5 heteroatoms. The van der Waals surface area contributed by atoms with Crippen LogP contribution in [0.3, 0.4) is 0 Å². The van der Waals surface area contributed by atoms with Crippen molar-refractivity contribution in [3.8, 4) is 34.1 Å². The third-order valence-electron chi connectivity index (χ3n) is 4.73. The van der Waals surface area contributed by atoms with Crippen LogP contribution in [0.25, 0.3) is 21.9 Å². The van der Waals surface area contributed by atoms with Gasteiger partial charge in [0.05, 0.1) is 0 Å². The summed E-state index contributed by atoms with van der Waals surface area (Å²) in [6.45, 7) is 2.36. The molecule has 0 N–H and O–H groups in total. The molecular weight excluding hydrogens is 320 g/mol. The minimum absolute atomic E-state index is 0.198. The highest BCUT2D eigenvalue weighted by atomic mass is 16.7. The molecule has 0 radical (unpaired) electrons. The molecule has 0 saturated carbocycles. The van der Waals surface area contributed by atoms with Gasteiger partial charge >= 0.3 is 0 Å². The second-order valence-electron chi connectivity index (χ2n) is 6.05. The van der Waals surface area contributed by atoms with Gasteiger partial charge in [-0.15, -0.1) is 0 Å². The quantitative estimate of drug-likeness (QED) is 0.661. The maximum absolute atomic E-state index is 11.6. The van der Waals surface area contributed by atoms with Gasteiger partial charge in [-0.25, -0.2) is 0 Å². The van der Waals surface area contributed by atoms with Crippen LogP contribution in [0, 0.1) is 6.92 Å². The number of rotatable bonds is 2. The predicted octanol–water partition coefficient (Wildman–Crippen LogP) is 4.09. The standard InChI is InChI=1S/C20H14O5/c1-11-14(8-21)6-12-3-5-16-20(25-10-23-16)19(12)18(11)13-2-4-15-17(7-13)24-9-22-15/h2-8H,9-10H2,1H3. The molecule has 124 valence electrons. The van der Waals surface area contributed by atoms with Crippen LogP contribution in [0.15, 0.2) is 36.4 Å². The normalized spacial score (nSPS) is 14.1. The highest BCUT2D eigenvalue weighted by Crippen LogP contribution is 2.47. The van der Waals surface area contributed by atoms with Crippen molar-refractivity contribution >= 4 is 17.1 Å². The zero-order valence-corrected chi connectivity index (χ0v) is 13.5. The van der Waals surface area contributed by atoms with Crippen molar-refractivity contribution in [2.75, 3.05) is 13.6 Å². The Morgan fingerprint density at radius 2 is 1.64 bits per heavy atom. The lowest BCUT2D eigenvalue weighted by atomic mass is 9.90. The average molecular weight is 334 g/mol. The van der Waals surface area contributed by atoms with E-state index in [1.807, 2.05) is 43.3 Å². The molecule has 25 heavy (non-hydrogen) atoms. The van der Waals surface area contributed by atoms with Crippen LogP contribution in [0.5, 0.6) is 23.0 Å². The molecule has 0 aliphatic carbocycles. The molecule has 2 aliphatic rings. The van der Waals surface area contributed by atoms with Crippen LogP contribution in [-0.2, 0) is 0 Å². The first-order valence-electron chi connectivity index (χ1n) is 7.97. The van der Waals surface area contributed by atoms with Gasteiger partial charge in [0.2, 0.25) is 13.6 Å². The van der Waals surface area contributed by atoms with E-state index < -0.39 is 0 Å². The number of aldehydes is 1. The van der Waals surface area contributed by atoms with E-state index >= 15 is 0 Å². The van der Waals surface area contributed by atoms with E-state index in [1.165, 1.54) is 0 Å². The number of benzene rings is 3. The van der Waals surface area contributed by atoms with Crippen LogP contribution >= 0.6 is 0 Å². The SMILES string of the molecule is Cc1c(C=O)cc2ccc3c(c2c1-c1ccc2c(c1)OCO2)OCO3. The molecule has 2 aliphatic heterocycles. The van der Waals surface area contributed by atoms with Gasteiger partial charge in [0.25, 0.3) is 0 Å². The topological polar surface area (TPSA) is 54.0 Å². The highest BCUT2D eigenvalue weighted by Gasteiger charge is 2.23. The van der Waals surface area contributed by atoms with Crippen molar-refractivity contribution < 1.29 is 23.7 Å². The second-order valence-corrected chi connectivity index (χ2v) is 6.05. The average Bonchev–Trinajstić information content (AvgIpc) is 3.29. The molecule has 2 heterocycles. The van der Waals surface area contributed by atoms with Crippen molar-refractivity contribution in [3.63, 3.8) is 0 Å². The molecule has 5 nitrogen and oxygen atoms in total. The van der Waals surface area contributed by atoms with E-state index in [0.717, 1.165) is 39.5 Å². The first-order chi connectivity index (χ1) is 12.3. The van der Waals surface area contributed by atoms with E-state index in [-0.39, 0.29) is 13.6 Å². The van der Waals surface area contributed by atoms with Gasteiger partial charge in [-0.2, -0.15) is 0 Å². The summed E-state index contributed by atoms with van der Waals surface area (Å²) in [7, 11) is 0. The molecule has 0 bridgehead atoms. The van der Waals surface area contributed by atoms with Crippen LogP contribution in [0.2, 0.25) is 0 Å². The Morgan fingerprint density at radius 3 is 2.52 bits per heavy atom. The summed E-state index contributed by atoms with van der Waals surface area (Å²) < 4.78 is 22.2. The maximum atomic E-state index is 11.6. The highest BCUT2D eigenvalue weighted by molar-refractivity contribution is 6.07. The Balaban J connectivity index is 1.88. The lowest BCUT2D eigenvalue weighted by molar-refractivity contribution is 0.112. The Hall–Kier alpha value is -3.21. The third kappa shape index (κ3) is 1.99. The summed E-state index contributed by atoms with van der Waals surface area (Å²) in [6, 6.07) is 11.5. The molecule has 0 atom stereocenters. The molecule has 0 unspecified atom stereocenters. The molecular formula is C20H14O5. The first-order valence-corrected chi connectivity index (χ1v) is 7.97. The second kappa shape index (κ2) is 5.14. The number of carbonyl (C=O) groups is 1. The van der Waals surface area contributed by atoms with Gasteiger partial charge in [0.1, 0.15) is 6.29 Å². The van der Waals surface area contributed by atoms with E-state index in [2.05, 4.69) is 0 Å². The summed E-state index contributed by atoms with van der Waals surface area (Å²) in [6.07, 6.45) is 0.885. The fourth-order valence-electron chi connectivity index (χ4n) is 3.51. The fourth-order valence-corrected chi connectivity index (χ4v) is 3.51. The van der Waals surface area contributed by atoms with E-state index in [9.17, 15) is 4.79 Å². The van der Waals surface area contributed by atoms with Crippen molar-refractivity contribution in [1.82, 2.24) is 0 Å². The zero-order valence-electron chi connectivity index (χ0n) is 13.5. The van der Waals surface area contributed by atoms with Crippen molar-refractivity contribution in [3.05, 3.63) is 47.5 Å². The molecule has 0 spiro atoms. The van der Waals surface area contributed by atoms with E-state index in [4.69, 9.17) is 18.9 Å². The zero-order chi connectivity index (χ0) is 17.0. The number of hydrogen-bond acceptors (Lipinski definition) is 5. The lowest BCUT2D eigenvalue weighted by Crippen LogP contribution is -1.96. The van der Waals surface area contributed by atoms with Crippen molar-refractivity contribution in [1.29, 1.82) is 0 Å². The molecule has 0 saturated heterocycles. The number of hydrogen-bond donors (Lipinski definition) is 0. The van der Waals surface area contributed by atoms with Crippen LogP contribution in [0.1, 0.15) is 15.9 Å².